The van der Waals surface area contributed by atoms with E-state index in [-0.39, 0.29) is 18.3 Å². The molecular weight excluding hydrogens is 234 g/mol. The fraction of sp³-hybridized carbons (Fsp3) is 0.500. The predicted molar refractivity (Wildman–Crippen MR) is 71.7 cm³/mol. The van der Waals surface area contributed by atoms with Crippen molar-refractivity contribution < 1.29 is 10.0 Å². The van der Waals surface area contributed by atoms with E-state index in [1.54, 1.807) is 6.07 Å². The molecule has 0 bridgehead atoms. The first-order valence-electron chi connectivity index (χ1n) is 5.88. The highest BCUT2D eigenvalue weighted by Crippen LogP contribution is 2.29. The van der Waals surface area contributed by atoms with Crippen molar-refractivity contribution in [1.29, 1.82) is 0 Å². The quantitative estimate of drug-likeness (QED) is 0.458. The first kappa shape index (κ1) is 14.2. The number of hydrogen-bond donors (Lipinski definition) is 2. The number of nitro benzene ring substituents is 1. The van der Waals surface area contributed by atoms with Crippen LogP contribution in [0.15, 0.2) is 18.2 Å². The Hall–Kier alpha value is -1.82. The number of anilines is 2. The lowest BCUT2D eigenvalue weighted by Gasteiger charge is -2.29. The standard InChI is InChI=1S/C12H19N3O3/c1-9(2)14(6-3-7-16)12-5-4-10(15(17)18)8-11(12)13/h4-5,8-9,16H,3,6-7,13H2,1-2H3. The molecule has 3 N–H and O–H groups in total. The summed E-state index contributed by atoms with van der Waals surface area (Å²) in [6.45, 7) is 4.79. The molecule has 0 saturated heterocycles. The van der Waals surface area contributed by atoms with Gasteiger partial charge in [0.05, 0.1) is 16.3 Å². The highest BCUT2D eigenvalue weighted by Gasteiger charge is 2.15. The van der Waals surface area contributed by atoms with Crippen LogP contribution in [0.5, 0.6) is 0 Å². The Balaban J connectivity index is 3.01. The molecule has 0 heterocycles. The van der Waals surface area contributed by atoms with Gasteiger partial charge in [0, 0.05) is 31.3 Å². The van der Waals surface area contributed by atoms with Crippen molar-refractivity contribution in [3.8, 4) is 0 Å². The van der Waals surface area contributed by atoms with Crippen LogP contribution < -0.4 is 10.6 Å². The topological polar surface area (TPSA) is 92.6 Å². The van der Waals surface area contributed by atoms with Crippen molar-refractivity contribution >= 4 is 17.1 Å². The van der Waals surface area contributed by atoms with Gasteiger partial charge in [0.25, 0.3) is 5.69 Å². The van der Waals surface area contributed by atoms with Gasteiger partial charge >= 0.3 is 0 Å². The maximum absolute atomic E-state index is 10.6. The van der Waals surface area contributed by atoms with Crippen LogP contribution in [0.4, 0.5) is 17.1 Å². The molecule has 0 saturated carbocycles. The summed E-state index contributed by atoms with van der Waals surface area (Å²) >= 11 is 0. The summed E-state index contributed by atoms with van der Waals surface area (Å²) in [7, 11) is 0. The number of nitrogen functional groups attached to an aromatic ring is 1. The Bertz CT molecular complexity index is 421. The molecule has 1 aromatic carbocycles. The number of rotatable bonds is 6. The van der Waals surface area contributed by atoms with Crippen LogP contribution in [0, 0.1) is 10.1 Å². The summed E-state index contributed by atoms with van der Waals surface area (Å²) in [6.07, 6.45) is 0.634. The highest BCUT2D eigenvalue weighted by molar-refractivity contribution is 5.71. The molecule has 0 fully saturated rings. The molecule has 0 aliphatic carbocycles. The minimum absolute atomic E-state index is 0.0119. The molecule has 0 aromatic heterocycles. The average Bonchev–Trinajstić information content (AvgIpc) is 2.30. The molecule has 0 atom stereocenters. The molecule has 100 valence electrons. The largest absolute Gasteiger partial charge is 0.397 e. The number of non-ortho nitro benzene ring substituents is 1. The minimum Gasteiger partial charge on any atom is -0.397 e. The minimum atomic E-state index is -0.465. The third-order valence-corrected chi connectivity index (χ3v) is 2.71. The SMILES string of the molecule is CC(C)N(CCCO)c1ccc([N+](=O)[O-])cc1N. The number of hydrogen-bond acceptors (Lipinski definition) is 5. The molecule has 1 rings (SSSR count). The Labute approximate surface area is 106 Å². The molecule has 18 heavy (non-hydrogen) atoms. The van der Waals surface area contributed by atoms with Gasteiger partial charge < -0.3 is 15.7 Å². The van der Waals surface area contributed by atoms with Crippen molar-refractivity contribution in [2.24, 2.45) is 0 Å². The van der Waals surface area contributed by atoms with Gasteiger partial charge in [-0.25, -0.2) is 0 Å². The summed E-state index contributed by atoms with van der Waals surface area (Å²) in [6, 6.07) is 4.68. The smallest absolute Gasteiger partial charge is 0.271 e. The second-order valence-corrected chi connectivity index (χ2v) is 4.36. The van der Waals surface area contributed by atoms with Crippen LogP contribution in [0.3, 0.4) is 0 Å². The van der Waals surface area contributed by atoms with Gasteiger partial charge in [-0.1, -0.05) is 0 Å². The van der Waals surface area contributed by atoms with Crippen molar-refractivity contribution in [2.45, 2.75) is 26.3 Å². The molecule has 6 heteroatoms. The lowest BCUT2D eigenvalue weighted by Crippen LogP contribution is -2.32. The van der Waals surface area contributed by atoms with Gasteiger partial charge in [-0.2, -0.15) is 0 Å². The highest BCUT2D eigenvalue weighted by atomic mass is 16.6. The van der Waals surface area contributed by atoms with Crippen LogP contribution >= 0.6 is 0 Å². The second kappa shape index (κ2) is 6.20. The first-order valence-corrected chi connectivity index (χ1v) is 5.88. The monoisotopic (exact) mass is 253 g/mol. The second-order valence-electron chi connectivity index (χ2n) is 4.36. The first-order chi connectivity index (χ1) is 8.47. The van der Waals surface area contributed by atoms with E-state index >= 15 is 0 Å². The fourth-order valence-electron chi connectivity index (χ4n) is 1.81. The van der Waals surface area contributed by atoms with Gasteiger partial charge in [0.15, 0.2) is 0 Å². The normalized spacial score (nSPS) is 10.7. The third kappa shape index (κ3) is 3.33. The van der Waals surface area contributed by atoms with Gasteiger partial charge in [0.1, 0.15) is 0 Å². The Morgan fingerprint density at radius 3 is 2.61 bits per heavy atom. The van der Waals surface area contributed by atoms with E-state index < -0.39 is 4.92 Å². The van der Waals surface area contributed by atoms with Crippen LogP contribution in [0.1, 0.15) is 20.3 Å². The summed E-state index contributed by atoms with van der Waals surface area (Å²) in [5.41, 5.74) is 7.00. The Morgan fingerprint density at radius 1 is 1.50 bits per heavy atom. The van der Waals surface area contributed by atoms with Gasteiger partial charge in [-0.05, 0) is 26.3 Å². The van der Waals surface area contributed by atoms with Crippen molar-refractivity contribution in [1.82, 2.24) is 0 Å². The number of benzene rings is 1. The predicted octanol–water partition coefficient (Wildman–Crippen LogP) is 1.77. The molecule has 0 aliphatic heterocycles. The number of aliphatic hydroxyl groups excluding tert-OH is 1. The van der Waals surface area contributed by atoms with E-state index in [2.05, 4.69) is 0 Å². The lowest BCUT2D eigenvalue weighted by atomic mass is 10.2. The Morgan fingerprint density at radius 2 is 2.17 bits per heavy atom. The van der Waals surface area contributed by atoms with Crippen LogP contribution in [-0.4, -0.2) is 29.2 Å². The molecule has 0 radical (unpaired) electrons. The van der Waals surface area contributed by atoms with Crippen molar-refractivity contribution in [3.05, 3.63) is 28.3 Å². The summed E-state index contributed by atoms with van der Waals surface area (Å²) in [5.74, 6) is 0. The zero-order chi connectivity index (χ0) is 13.7. The molecule has 0 spiro atoms. The van der Waals surface area contributed by atoms with Crippen molar-refractivity contribution in [2.75, 3.05) is 23.8 Å². The lowest BCUT2D eigenvalue weighted by molar-refractivity contribution is -0.384. The number of nitrogens with two attached hydrogens (primary N) is 1. The average molecular weight is 253 g/mol. The maximum atomic E-state index is 10.6. The van der Waals surface area contributed by atoms with E-state index in [9.17, 15) is 10.1 Å². The van der Waals surface area contributed by atoms with Crippen LogP contribution in [0.25, 0.3) is 0 Å². The summed E-state index contributed by atoms with van der Waals surface area (Å²) in [4.78, 5) is 12.2. The van der Waals surface area contributed by atoms with E-state index in [1.165, 1.54) is 12.1 Å². The molecule has 0 unspecified atom stereocenters. The molecular formula is C12H19N3O3. The van der Waals surface area contributed by atoms with Crippen molar-refractivity contribution in [3.63, 3.8) is 0 Å². The van der Waals surface area contributed by atoms with Gasteiger partial charge in [0.2, 0.25) is 0 Å². The summed E-state index contributed by atoms with van der Waals surface area (Å²) < 4.78 is 0. The molecule has 0 amide bonds. The summed E-state index contributed by atoms with van der Waals surface area (Å²) in [5, 5.41) is 19.5. The maximum Gasteiger partial charge on any atom is 0.271 e. The van der Waals surface area contributed by atoms with E-state index in [4.69, 9.17) is 10.8 Å². The fourth-order valence-corrected chi connectivity index (χ4v) is 1.81. The molecule has 1 aromatic rings. The Kier molecular flexibility index (Phi) is 4.91. The van der Waals surface area contributed by atoms with E-state index in [0.717, 1.165) is 5.69 Å². The number of nitrogens with zero attached hydrogens (tertiary/aromatic N) is 2. The third-order valence-electron chi connectivity index (χ3n) is 2.71. The van der Waals surface area contributed by atoms with Crippen LogP contribution in [0.2, 0.25) is 0 Å². The van der Waals surface area contributed by atoms with Crippen LogP contribution in [-0.2, 0) is 0 Å². The van der Waals surface area contributed by atoms with Gasteiger partial charge in [-0.3, -0.25) is 10.1 Å². The van der Waals surface area contributed by atoms with Gasteiger partial charge in [-0.15, -0.1) is 0 Å². The zero-order valence-corrected chi connectivity index (χ0v) is 10.7. The van der Waals surface area contributed by atoms with E-state index in [0.29, 0.717) is 18.7 Å². The van der Waals surface area contributed by atoms with E-state index in [1.807, 2.05) is 18.7 Å². The molecule has 6 nitrogen and oxygen atoms in total. The number of nitro groups is 1. The molecule has 0 aliphatic rings. The number of aliphatic hydroxyl groups is 1. The zero-order valence-electron chi connectivity index (χ0n) is 10.7.